The lowest BCUT2D eigenvalue weighted by Gasteiger charge is -2.25. The summed E-state index contributed by atoms with van der Waals surface area (Å²) in [5.41, 5.74) is 5.46. The number of anilines is 1. The van der Waals surface area contributed by atoms with Crippen LogP contribution in [-0.4, -0.2) is 11.2 Å². The number of rotatable bonds is 6. The molecule has 1 fully saturated rings. The van der Waals surface area contributed by atoms with Crippen molar-refractivity contribution in [3.05, 3.63) is 28.8 Å². The molecule has 0 radical (unpaired) electrons. The van der Waals surface area contributed by atoms with Crippen LogP contribution in [0.3, 0.4) is 0 Å². The molecular formula is C21H34N2S. The maximum Gasteiger partial charge on any atom is 0.171 e. The Morgan fingerprint density at radius 2 is 1.67 bits per heavy atom. The van der Waals surface area contributed by atoms with E-state index in [0.717, 1.165) is 24.4 Å². The molecule has 2 rings (SSSR count). The van der Waals surface area contributed by atoms with E-state index < -0.39 is 0 Å². The van der Waals surface area contributed by atoms with Crippen LogP contribution in [0.4, 0.5) is 5.69 Å². The Balaban J connectivity index is 2.13. The average Bonchev–Trinajstić information content (AvgIpc) is 2.56. The SMILES string of the molecule is CCc1cc(CC(C)C)cc(CC)c1NC(=S)NC1CCCCC1. The highest BCUT2D eigenvalue weighted by atomic mass is 32.1. The molecule has 0 spiro atoms. The van der Waals surface area contributed by atoms with Gasteiger partial charge in [-0.25, -0.2) is 0 Å². The van der Waals surface area contributed by atoms with Gasteiger partial charge in [0.2, 0.25) is 0 Å². The summed E-state index contributed by atoms with van der Waals surface area (Å²) >= 11 is 5.61. The molecule has 0 aliphatic heterocycles. The normalized spacial score (nSPS) is 15.5. The highest BCUT2D eigenvalue weighted by Crippen LogP contribution is 2.26. The summed E-state index contributed by atoms with van der Waals surface area (Å²) < 4.78 is 0. The van der Waals surface area contributed by atoms with Crippen LogP contribution in [0.15, 0.2) is 12.1 Å². The van der Waals surface area contributed by atoms with Gasteiger partial charge in [0, 0.05) is 11.7 Å². The van der Waals surface area contributed by atoms with Crippen molar-refractivity contribution in [2.24, 2.45) is 5.92 Å². The molecule has 24 heavy (non-hydrogen) atoms. The van der Waals surface area contributed by atoms with Crippen LogP contribution >= 0.6 is 12.2 Å². The van der Waals surface area contributed by atoms with Crippen LogP contribution in [0.1, 0.15) is 76.5 Å². The van der Waals surface area contributed by atoms with E-state index in [4.69, 9.17) is 12.2 Å². The van der Waals surface area contributed by atoms with Gasteiger partial charge in [-0.1, -0.05) is 59.1 Å². The van der Waals surface area contributed by atoms with E-state index in [1.165, 1.54) is 54.5 Å². The van der Waals surface area contributed by atoms with Gasteiger partial charge in [-0.15, -0.1) is 0 Å². The fourth-order valence-corrected chi connectivity index (χ4v) is 4.00. The first-order chi connectivity index (χ1) is 11.5. The maximum absolute atomic E-state index is 5.61. The number of nitrogens with one attached hydrogen (secondary N) is 2. The molecule has 1 aliphatic carbocycles. The van der Waals surface area contributed by atoms with E-state index in [1.807, 2.05) is 0 Å². The van der Waals surface area contributed by atoms with Crippen molar-refractivity contribution in [3.8, 4) is 0 Å². The van der Waals surface area contributed by atoms with Crippen LogP contribution in [0.5, 0.6) is 0 Å². The Bertz CT molecular complexity index is 520. The van der Waals surface area contributed by atoms with Crippen molar-refractivity contribution >= 4 is 23.0 Å². The van der Waals surface area contributed by atoms with Crippen LogP contribution in [-0.2, 0) is 19.3 Å². The minimum atomic E-state index is 0.550. The van der Waals surface area contributed by atoms with Gasteiger partial charge in [-0.3, -0.25) is 0 Å². The van der Waals surface area contributed by atoms with Crippen molar-refractivity contribution in [2.45, 2.75) is 85.1 Å². The monoisotopic (exact) mass is 346 g/mol. The molecule has 0 unspecified atom stereocenters. The predicted molar refractivity (Wildman–Crippen MR) is 110 cm³/mol. The van der Waals surface area contributed by atoms with Gasteiger partial charge in [-0.2, -0.15) is 0 Å². The molecule has 0 heterocycles. The molecular weight excluding hydrogens is 312 g/mol. The zero-order chi connectivity index (χ0) is 17.5. The molecule has 1 aliphatic rings. The van der Waals surface area contributed by atoms with Crippen molar-refractivity contribution in [1.29, 1.82) is 0 Å². The second kappa shape index (κ2) is 9.41. The largest absolute Gasteiger partial charge is 0.360 e. The van der Waals surface area contributed by atoms with E-state index in [0.29, 0.717) is 12.0 Å². The summed E-state index contributed by atoms with van der Waals surface area (Å²) in [4.78, 5) is 0. The molecule has 1 aromatic rings. The van der Waals surface area contributed by atoms with Crippen molar-refractivity contribution < 1.29 is 0 Å². The third-order valence-corrected chi connectivity index (χ3v) is 5.17. The van der Waals surface area contributed by atoms with Gasteiger partial charge in [0.25, 0.3) is 0 Å². The number of benzene rings is 1. The molecule has 0 saturated heterocycles. The number of thiocarbonyl (C=S) groups is 1. The molecule has 0 bridgehead atoms. The minimum Gasteiger partial charge on any atom is -0.360 e. The van der Waals surface area contributed by atoms with Gasteiger partial charge in [-0.05, 0) is 66.9 Å². The maximum atomic E-state index is 5.61. The fraction of sp³-hybridized carbons (Fsp3) is 0.667. The standard InChI is InChI=1S/C21H34N2S/c1-5-17-13-16(12-15(3)4)14-18(6-2)20(17)23-21(24)22-19-10-8-7-9-11-19/h13-15,19H,5-12H2,1-4H3,(H2,22,23,24). The lowest BCUT2D eigenvalue weighted by Crippen LogP contribution is -2.39. The molecule has 3 heteroatoms. The van der Waals surface area contributed by atoms with Crippen molar-refractivity contribution in [2.75, 3.05) is 5.32 Å². The molecule has 0 aromatic heterocycles. The molecule has 2 nitrogen and oxygen atoms in total. The van der Waals surface area contributed by atoms with Crippen LogP contribution in [0.25, 0.3) is 0 Å². The second-order valence-corrected chi connectivity index (χ2v) is 7.94. The number of aryl methyl sites for hydroxylation is 2. The summed E-state index contributed by atoms with van der Waals surface area (Å²) in [5, 5.41) is 7.86. The van der Waals surface area contributed by atoms with E-state index in [1.54, 1.807) is 0 Å². The Morgan fingerprint density at radius 3 is 2.17 bits per heavy atom. The fourth-order valence-electron chi connectivity index (χ4n) is 3.73. The van der Waals surface area contributed by atoms with Crippen LogP contribution < -0.4 is 10.6 Å². The van der Waals surface area contributed by atoms with Crippen molar-refractivity contribution in [1.82, 2.24) is 5.32 Å². The Hall–Kier alpha value is -1.09. The molecule has 134 valence electrons. The summed E-state index contributed by atoms with van der Waals surface area (Å²) in [5.74, 6) is 0.687. The molecule has 0 atom stereocenters. The Labute approximate surface area is 153 Å². The first kappa shape index (κ1) is 19.2. The summed E-state index contributed by atoms with van der Waals surface area (Å²) in [6.07, 6.45) is 9.73. The van der Waals surface area contributed by atoms with E-state index in [2.05, 4.69) is 50.5 Å². The summed E-state index contributed by atoms with van der Waals surface area (Å²) in [7, 11) is 0. The Kier molecular flexibility index (Phi) is 7.54. The zero-order valence-corrected chi connectivity index (χ0v) is 16.7. The zero-order valence-electron chi connectivity index (χ0n) is 15.9. The molecule has 0 amide bonds. The Morgan fingerprint density at radius 1 is 1.08 bits per heavy atom. The first-order valence-corrected chi connectivity index (χ1v) is 10.2. The first-order valence-electron chi connectivity index (χ1n) is 9.75. The second-order valence-electron chi connectivity index (χ2n) is 7.53. The van der Waals surface area contributed by atoms with E-state index in [9.17, 15) is 0 Å². The van der Waals surface area contributed by atoms with Crippen molar-refractivity contribution in [3.63, 3.8) is 0 Å². The molecule has 2 N–H and O–H groups in total. The van der Waals surface area contributed by atoms with Gasteiger partial charge < -0.3 is 10.6 Å². The number of hydrogen-bond donors (Lipinski definition) is 2. The highest BCUT2D eigenvalue weighted by molar-refractivity contribution is 7.80. The number of hydrogen-bond acceptors (Lipinski definition) is 1. The van der Waals surface area contributed by atoms with Gasteiger partial charge in [0.15, 0.2) is 5.11 Å². The molecule has 1 aromatic carbocycles. The van der Waals surface area contributed by atoms with Crippen LogP contribution in [0.2, 0.25) is 0 Å². The predicted octanol–water partition coefficient (Wildman–Crippen LogP) is 5.63. The van der Waals surface area contributed by atoms with Gasteiger partial charge in [0.05, 0.1) is 0 Å². The summed E-state index contributed by atoms with van der Waals surface area (Å²) in [6.45, 7) is 9.03. The summed E-state index contributed by atoms with van der Waals surface area (Å²) in [6, 6.07) is 5.28. The van der Waals surface area contributed by atoms with Gasteiger partial charge >= 0.3 is 0 Å². The quantitative estimate of drug-likeness (QED) is 0.653. The third-order valence-electron chi connectivity index (χ3n) is 4.95. The minimum absolute atomic E-state index is 0.550. The highest BCUT2D eigenvalue weighted by Gasteiger charge is 2.16. The molecule has 1 saturated carbocycles. The van der Waals surface area contributed by atoms with E-state index >= 15 is 0 Å². The lowest BCUT2D eigenvalue weighted by atomic mass is 9.94. The average molecular weight is 347 g/mol. The smallest absolute Gasteiger partial charge is 0.171 e. The van der Waals surface area contributed by atoms with E-state index in [-0.39, 0.29) is 0 Å². The van der Waals surface area contributed by atoms with Gasteiger partial charge in [0.1, 0.15) is 0 Å². The topological polar surface area (TPSA) is 24.1 Å². The lowest BCUT2D eigenvalue weighted by molar-refractivity contribution is 0.415. The third kappa shape index (κ3) is 5.47. The van der Waals surface area contributed by atoms with Crippen LogP contribution in [0, 0.1) is 5.92 Å².